The van der Waals surface area contributed by atoms with Crippen LogP contribution in [0.1, 0.15) is 62.8 Å². The number of aromatic nitrogens is 1. The molecule has 0 spiro atoms. The molecule has 0 unspecified atom stereocenters. The number of hydrogen-bond acceptors (Lipinski definition) is 4. The average Bonchev–Trinajstić information content (AvgIpc) is 2.93. The molecule has 1 aliphatic carbocycles. The van der Waals surface area contributed by atoms with Crippen molar-refractivity contribution in [3.05, 3.63) is 22.2 Å². The van der Waals surface area contributed by atoms with Crippen molar-refractivity contribution >= 4 is 23.3 Å². The number of thiazole rings is 1. The summed E-state index contributed by atoms with van der Waals surface area (Å²) in [7, 11) is 0. The fourth-order valence-electron chi connectivity index (χ4n) is 2.57. The van der Waals surface area contributed by atoms with E-state index < -0.39 is 5.60 Å². The van der Waals surface area contributed by atoms with Crippen molar-refractivity contribution in [3.63, 3.8) is 0 Å². The van der Waals surface area contributed by atoms with Crippen LogP contribution >= 0.6 is 11.3 Å². The monoisotopic (exact) mass is 322 g/mol. The summed E-state index contributed by atoms with van der Waals surface area (Å²) in [5, 5.41) is 14.2. The molecule has 2 rings (SSSR count). The molecule has 1 fully saturated rings. The van der Waals surface area contributed by atoms with Gasteiger partial charge in [0.1, 0.15) is 0 Å². The normalized spacial score (nSPS) is 18.5. The van der Waals surface area contributed by atoms with Crippen LogP contribution in [-0.4, -0.2) is 28.1 Å². The lowest BCUT2D eigenvalue weighted by Gasteiger charge is -2.31. The van der Waals surface area contributed by atoms with Crippen LogP contribution < -0.4 is 5.32 Å². The van der Waals surface area contributed by atoms with Gasteiger partial charge in [-0.1, -0.05) is 40.0 Å². The molecule has 2 N–H and O–H groups in total. The van der Waals surface area contributed by atoms with Crippen LogP contribution in [0.2, 0.25) is 0 Å². The average molecular weight is 322 g/mol. The third kappa shape index (κ3) is 4.92. The minimum Gasteiger partial charge on any atom is -0.388 e. The van der Waals surface area contributed by atoms with Gasteiger partial charge in [-0.25, -0.2) is 4.98 Å². The van der Waals surface area contributed by atoms with Gasteiger partial charge in [-0.3, -0.25) is 4.79 Å². The molecule has 1 amide bonds. The Morgan fingerprint density at radius 2 is 2.09 bits per heavy atom. The topological polar surface area (TPSA) is 62.2 Å². The van der Waals surface area contributed by atoms with E-state index in [2.05, 4.69) is 31.1 Å². The molecular weight excluding hydrogens is 296 g/mol. The first-order valence-corrected chi connectivity index (χ1v) is 8.75. The number of rotatable bonds is 4. The predicted octanol–water partition coefficient (Wildman–Crippen LogP) is 3.27. The van der Waals surface area contributed by atoms with Gasteiger partial charge in [0.05, 0.1) is 10.6 Å². The van der Waals surface area contributed by atoms with Gasteiger partial charge in [0, 0.05) is 29.1 Å². The van der Waals surface area contributed by atoms with E-state index in [1.807, 2.05) is 0 Å². The van der Waals surface area contributed by atoms with Crippen molar-refractivity contribution in [2.45, 2.75) is 63.9 Å². The van der Waals surface area contributed by atoms with Gasteiger partial charge in [0.25, 0.3) is 0 Å². The van der Waals surface area contributed by atoms with Crippen LogP contribution in [0.3, 0.4) is 0 Å². The number of carbonyl (C=O) groups is 1. The second kappa shape index (κ2) is 6.92. The van der Waals surface area contributed by atoms with Crippen molar-refractivity contribution in [2.24, 2.45) is 0 Å². The first-order valence-electron chi connectivity index (χ1n) is 7.93. The Morgan fingerprint density at radius 1 is 1.41 bits per heavy atom. The third-order valence-corrected chi connectivity index (χ3v) is 5.33. The lowest BCUT2D eigenvalue weighted by atomic mass is 9.85. The maximum absolute atomic E-state index is 11.9. The van der Waals surface area contributed by atoms with Gasteiger partial charge in [-0.2, -0.15) is 0 Å². The molecule has 5 heteroatoms. The van der Waals surface area contributed by atoms with E-state index in [9.17, 15) is 9.90 Å². The van der Waals surface area contributed by atoms with Gasteiger partial charge >= 0.3 is 0 Å². The number of nitrogens with one attached hydrogen (secondary N) is 1. The van der Waals surface area contributed by atoms with E-state index >= 15 is 0 Å². The number of carbonyl (C=O) groups excluding carboxylic acids is 1. The molecule has 4 nitrogen and oxygen atoms in total. The number of amides is 1. The van der Waals surface area contributed by atoms with Gasteiger partial charge in [0.15, 0.2) is 0 Å². The Bertz CT molecular complexity index is 537. The molecule has 1 heterocycles. The zero-order valence-corrected chi connectivity index (χ0v) is 14.5. The van der Waals surface area contributed by atoms with Crippen LogP contribution in [0, 0.1) is 0 Å². The zero-order valence-electron chi connectivity index (χ0n) is 13.7. The van der Waals surface area contributed by atoms with Gasteiger partial charge in [-0.05, 0) is 18.9 Å². The first-order chi connectivity index (χ1) is 10.3. The van der Waals surface area contributed by atoms with Crippen LogP contribution in [0.4, 0.5) is 0 Å². The molecule has 0 aromatic carbocycles. The zero-order chi connectivity index (χ0) is 16.2. The molecule has 0 aliphatic heterocycles. The molecule has 122 valence electrons. The third-order valence-electron chi connectivity index (χ3n) is 3.94. The summed E-state index contributed by atoms with van der Waals surface area (Å²) in [6.45, 7) is 6.71. The quantitative estimate of drug-likeness (QED) is 0.836. The van der Waals surface area contributed by atoms with Crippen LogP contribution in [0.25, 0.3) is 6.08 Å². The lowest BCUT2D eigenvalue weighted by molar-refractivity contribution is -0.118. The van der Waals surface area contributed by atoms with Crippen molar-refractivity contribution in [1.82, 2.24) is 10.3 Å². The highest BCUT2D eigenvalue weighted by molar-refractivity contribution is 7.12. The van der Waals surface area contributed by atoms with Crippen molar-refractivity contribution in [1.29, 1.82) is 0 Å². The summed E-state index contributed by atoms with van der Waals surface area (Å²) in [6, 6.07) is 0. The van der Waals surface area contributed by atoms with Crippen LogP contribution in [0.5, 0.6) is 0 Å². The Labute approximate surface area is 136 Å². The Hall–Kier alpha value is -1.20. The first kappa shape index (κ1) is 17.2. The molecular formula is C17H26N2O2S. The Kier molecular flexibility index (Phi) is 5.40. The summed E-state index contributed by atoms with van der Waals surface area (Å²) in [5.41, 5.74) is -0.686. The second-order valence-corrected chi connectivity index (χ2v) is 8.22. The minimum absolute atomic E-state index is 0.0310. The summed E-state index contributed by atoms with van der Waals surface area (Å²) in [5.74, 6) is -0.162. The van der Waals surface area contributed by atoms with E-state index in [-0.39, 0.29) is 11.3 Å². The summed E-state index contributed by atoms with van der Waals surface area (Å²) in [4.78, 5) is 17.2. The molecule has 1 saturated carbocycles. The fourth-order valence-corrected chi connectivity index (χ4v) is 3.44. The molecule has 0 bridgehead atoms. The smallest absolute Gasteiger partial charge is 0.244 e. The summed E-state index contributed by atoms with van der Waals surface area (Å²) in [6.07, 6.45) is 9.92. The highest BCUT2D eigenvalue weighted by Crippen LogP contribution is 2.28. The number of nitrogens with zero attached hydrogens (tertiary/aromatic N) is 1. The van der Waals surface area contributed by atoms with E-state index in [0.717, 1.165) is 35.6 Å². The summed E-state index contributed by atoms with van der Waals surface area (Å²) < 4.78 is 0. The van der Waals surface area contributed by atoms with Gasteiger partial charge in [0.2, 0.25) is 5.91 Å². The van der Waals surface area contributed by atoms with Crippen molar-refractivity contribution < 1.29 is 9.90 Å². The maximum atomic E-state index is 11.9. The highest BCUT2D eigenvalue weighted by atomic mass is 32.1. The second-order valence-electron chi connectivity index (χ2n) is 7.15. The SMILES string of the molecule is CC(C)(C)c1ncc(C=CC(=O)NCC2(O)CCCCC2)s1. The van der Waals surface area contributed by atoms with Crippen molar-refractivity contribution in [3.8, 4) is 0 Å². The largest absolute Gasteiger partial charge is 0.388 e. The number of aliphatic hydroxyl groups is 1. The van der Waals surface area contributed by atoms with E-state index in [0.29, 0.717) is 6.54 Å². The molecule has 0 atom stereocenters. The summed E-state index contributed by atoms with van der Waals surface area (Å²) >= 11 is 1.60. The minimum atomic E-state index is -0.717. The van der Waals surface area contributed by atoms with Gasteiger partial charge < -0.3 is 10.4 Å². The highest BCUT2D eigenvalue weighted by Gasteiger charge is 2.29. The molecule has 1 aromatic heterocycles. The number of hydrogen-bond donors (Lipinski definition) is 2. The molecule has 1 aromatic rings. The standard InChI is InChI=1S/C17H26N2O2S/c1-16(2,3)15-18-11-13(22-15)7-8-14(20)19-12-17(21)9-5-4-6-10-17/h7-8,11,21H,4-6,9-10,12H2,1-3H3,(H,19,20). The van der Waals surface area contributed by atoms with E-state index in [1.165, 1.54) is 12.5 Å². The van der Waals surface area contributed by atoms with E-state index in [1.54, 1.807) is 23.6 Å². The fraction of sp³-hybridized carbons (Fsp3) is 0.647. The Balaban J connectivity index is 1.85. The Morgan fingerprint density at radius 3 is 2.68 bits per heavy atom. The van der Waals surface area contributed by atoms with Crippen LogP contribution in [-0.2, 0) is 10.2 Å². The van der Waals surface area contributed by atoms with Crippen molar-refractivity contribution in [2.75, 3.05) is 6.54 Å². The lowest BCUT2D eigenvalue weighted by Crippen LogP contribution is -2.43. The van der Waals surface area contributed by atoms with Gasteiger partial charge in [-0.15, -0.1) is 11.3 Å². The van der Waals surface area contributed by atoms with Crippen LogP contribution in [0.15, 0.2) is 12.3 Å². The van der Waals surface area contributed by atoms with E-state index in [4.69, 9.17) is 0 Å². The molecule has 22 heavy (non-hydrogen) atoms. The molecule has 0 saturated heterocycles. The predicted molar refractivity (Wildman–Crippen MR) is 90.9 cm³/mol. The molecule has 1 aliphatic rings. The maximum Gasteiger partial charge on any atom is 0.244 e. The molecule has 0 radical (unpaired) electrons.